The average molecular weight is 303 g/mol. The summed E-state index contributed by atoms with van der Waals surface area (Å²) in [6.45, 7) is -0.00454. The van der Waals surface area contributed by atoms with Crippen LogP contribution in [-0.2, 0) is 6.54 Å². The van der Waals surface area contributed by atoms with Gasteiger partial charge in [-0.1, -0.05) is 30.0 Å². The number of benzene rings is 1. The van der Waals surface area contributed by atoms with Crippen LogP contribution < -0.4 is 0 Å². The van der Waals surface area contributed by atoms with Gasteiger partial charge in [0.1, 0.15) is 12.4 Å². The molecular formula is C16H14FNO2S. The summed E-state index contributed by atoms with van der Waals surface area (Å²) in [5.74, 6) is 4.79. The van der Waals surface area contributed by atoms with Crippen molar-refractivity contribution in [1.29, 1.82) is 0 Å². The molecule has 1 N–H and O–H groups in total. The fraction of sp³-hybridized carbons (Fsp3) is 0.188. The molecule has 0 atom stereocenters. The molecule has 0 aliphatic carbocycles. The van der Waals surface area contributed by atoms with E-state index in [0.717, 1.165) is 0 Å². The molecule has 2 aromatic rings. The number of carbonyl (C=O) groups is 1. The number of hydrogen-bond donors (Lipinski definition) is 1. The number of aliphatic hydroxyl groups is 1. The highest BCUT2D eigenvalue weighted by Gasteiger charge is 2.15. The molecule has 0 radical (unpaired) electrons. The van der Waals surface area contributed by atoms with E-state index in [4.69, 9.17) is 5.11 Å². The van der Waals surface area contributed by atoms with Crippen molar-refractivity contribution in [1.82, 2.24) is 4.90 Å². The van der Waals surface area contributed by atoms with Gasteiger partial charge >= 0.3 is 0 Å². The highest BCUT2D eigenvalue weighted by Crippen LogP contribution is 2.18. The Morgan fingerprint density at radius 3 is 2.81 bits per heavy atom. The molecule has 1 amide bonds. The smallest absolute Gasteiger partial charge is 0.264 e. The number of amides is 1. The maximum atomic E-state index is 13.6. The van der Waals surface area contributed by atoms with Gasteiger partial charge in [0.15, 0.2) is 0 Å². The van der Waals surface area contributed by atoms with Gasteiger partial charge in [-0.15, -0.1) is 11.3 Å². The van der Waals surface area contributed by atoms with Crippen LogP contribution in [0.5, 0.6) is 0 Å². The second-order valence-electron chi connectivity index (χ2n) is 4.38. The Kier molecular flexibility index (Phi) is 5.09. The molecular weight excluding hydrogens is 289 g/mol. The molecule has 0 aliphatic rings. The number of carbonyl (C=O) groups excluding carboxylic acids is 1. The van der Waals surface area contributed by atoms with Crippen LogP contribution in [0.15, 0.2) is 36.4 Å². The van der Waals surface area contributed by atoms with Gasteiger partial charge in [-0.05, 0) is 18.2 Å². The van der Waals surface area contributed by atoms with Gasteiger partial charge in [0, 0.05) is 19.2 Å². The third kappa shape index (κ3) is 3.91. The number of hydrogen-bond acceptors (Lipinski definition) is 3. The molecule has 1 heterocycles. The normalized spacial score (nSPS) is 9.86. The van der Waals surface area contributed by atoms with E-state index in [0.29, 0.717) is 15.3 Å². The third-order valence-corrected chi connectivity index (χ3v) is 3.81. The molecule has 0 spiro atoms. The maximum absolute atomic E-state index is 13.6. The van der Waals surface area contributed by atoms with Crippen molar-refractivity contribution in [3.8, 4) is 11.8 Å². The van der Waals surface area contributed by atoms with Crippen molar-refractivity contribution in [3.63, 3.8) is 0 Å². The molecule has 21 heavy (non-hydrogen) atoms. The lowest BCUT2D eigenvalue weighted by Gasteiger charge is -2.16. The minimum Gasteiger partial charge on any atom is -0.384 e. The van der Waals surface area contributed by atoms with Gasteiger partial charge in [0.05, 0.1) is 9.75 Å². The lowest BCUT2D eigenvalue weighted by Crippen LogP contribution is -2.25. The predicted octanol–water partition coefficient (Wildman–Crippen LogP) is 2.50. The summed E-state index contributed by atoms with van der Waals surface area (Å²) in [5.41, 5.74) is 0.477. The maximum Gasteiger partial charge on any atom is 0.264 e. The summed E-state index contributed by atoms with van der Waals surface area (Å²) in [4.78, 5) is 15.0. The van der Waals surface area contributed by atoms with E-state index >= 15 is 0 Å². The zero-order valence-electron chi connectivity index (χ0n) is 11.5. The second kappa shape index (κ2) is 7.02. The summed E-state index contributed by atoms with van der Waals surface area (Å²) in [7, 11) is 1.63. The lowest BCUT2D eigenvalue weighted by atomic mass is 10.2. The summed E-state index contributed by atoms with van der Waals surface area (Å²) >= 11 is 1.25. The van der Waals surface area contributed by atoms with Gasteiger partial charge in [-0.25, -0.2) is 4.39 Å². The largest absolute Gasteiger partial charge is 0.384 e. The number of thiophene rings is 1. The van der Waals surface area contributed by atoms with E-state index in [1.165, 1.54) is 22.3 Å². The van der Waals surface area contributed by atoms with E-state index in [9.17, 15) is 9.18 Å². The summed E-state index contributed by atoms with van der Waals surface area (Å²) in [5, 5.41) is 8.64. The molecule has 0 unspecified atom stereocenters. The van der Waals surface area contributed by atoms with E-state index in [1.807, 2.05) is 0 Å². The molecule has 5 heteroatoms. The molecule has 0 saturated carbocycles. The van der Waals surface area contributed by atoms with Crippen LogP contribution >= 0.6 is 11.3 Å². The van der Waals surface area contributed by atoms with E-state index in [1.54, 1.807) is 37.4 Å². The minimum absolute atomic E-state index is 0.180. The van der Waals surface area contributed by atoms with Gasteiger partial charge in [-0.2, -0.15) is 0 Å². The van der Waals surface area contributed by atoms with Crippen molar-refractivity contribution in [2.45, 2.75) is 6.54 Å². The summed E-state index contributed by atoms with van der Waals surface area (Å²) in [6.07, 6.45) is 0. The third-order valence-electron chi connectivity index (χ3n) is 2.82. The van der Waals surface area contributed by atoms with Crippen LogP contribution in [0.3, 0.4) is 0 Å². The molecule has 0 aliphatic heterocycles. The molecule has 0 saturated heterocycles. The molecule has 3 nitrogen and oxygen atoms in total. The second-order valence-corrected chi connectivity index (χ2v) is 5.46. The van der Waals surface area contributed by atoms with Crippen molar-refractivity contribution >= 4 is 17.2 Å². The van der Waals surface area contributed by atoms with Gasteiger partial charge in [0.2, 0.25) is 0 Å². The topological polar surface area (TPSA) is 40.5 Å². The number of rotatable bonds is 3. The highest BCUT2D eigenvalue weighted by molar-refractivity contribution is 7.14. The van der Waals surface area contributed by atoms with Crippen LogP contribution in [0.2, 0.25) is 0 Å². The van der Waals surface area contributed by atoms with E-state index < -0.39 is 0 Å². The SMILES string of the molecule is CN(Cc1ccccc1F)C(=O)c1ccc(C#CCO)s1. The monoisotopic (exact) mass is 303 g/mol. The highest BCUT2D eigenvalue weighted by atomic mass is 32.1. The zero-order valence-corrected chi connectivity index (χ0v) is 12.3. The Hall–Kier alpha value is -2.16. The molecule has 108 valence electrons. The van der Waals surface area contributed by atoms with Crippen LogP contribution in [0, 0.1) is 17.7 Å². The van der Waals surface area contributed by atoms with Gasteiger partial charge < -0.3 is 10.0 Å². The molecule has 2 rings (SSSR count). The van der Waals surface area contributed by atoms with Crippen LogP contribution in [-0.4, -0.2) is 29.6 Å². The quantitative estimate of drug-likeness (QED) is 0.885. The van der Waals surface area contributed by atoms with E-state index in [2.05, 4.69) is 11.8 Å². The Morgan fingerprint density at radius 1 is 1.33 bits per heavy atom. The molecule has 0 fully saturated rings. The Balaban J connectivity index is 2.09. The molecule has 0 bridgehead atoms. The van der Waals surface area contributed by atoms with Crippen LogP contribution in [0.25, 0.3) is 0 Å². The first-order chi connectivity index (χ1) is 10.1. The summed E-state index contributed by atoms with van der Waals surface area (Å²) < 4.78 is 13.6. The minimum atomic E-state index is -0.321. The van der Waals surface area contributed by atoms with Crippen molar-refractivity contribution in [2.24, 2.45) is 0 Å². The van der Waals surface area contributed by atoms with E-state index in [-0.39, 0.29) is 24.9 Å². The standard InChI is InChI=1S/C16H14FNO2S/c1-18(11-12-5-2-3-7-14(12)17)16(20)15-9-8-13(21-15)6-4-10-19/h2-3,5,7-9,19H,10-11H2,1H3. The Labute approximate surface area is 126 Å². The number of halogens is 1. The average Bonchev–Trinajstić information content (AvgIpc) is 2.95. The van der Waals surface area contributed by atoms with Crippen molar-refractivity contribution < 1.29 is 14.3 Å². The Morgan fingerprint density at radius 2 is 2.10 bits per heavy atom. The number of aliphatic hydroxyl groups excluding tert-OH is 1. The Bertz CT molecular complexity index is 700. The first kappa shape index (κ1) is 15.2. The number of nitrogens with zero attached hydrogens (tertiary/aromatic N) is 1. The van der Waals surface area contributed by atoms with Crippen LogP contribution in [0.4, 0.5) is 4.39 Å². The zero-order chi connectivity index (χ0) is 15.2. The van der Waals surface area contributed by atoms with Crippen molar-refractivity contribution in [3.05, 3.63) is 57.5 Å². The van der Waals surface area contributed by atoms with Crippen LogP contribution in [0.1, 0.15) is 20.1 Å². The lowest BCUT2D eigenvalue weighted by molar-refractivity contribution is 0.0788. The van der Waals surface area contributed by atoms with Crippen molar-refractivity contribution in [2.75, 3.05) is 13.7 Å². The van der Waals surface area contributed by atoms with Gasteiger partial charge in [-0.3, -0.25) is 4.79 Å². The summed E-state index contributed by atoms with van der Waals surface area (Å²) in [6, 6.07) is 9.81. The van der Waals surface area contributed by atoms with Gasteiger partial charge in [0.25, 0.3) is 5.91 Å². The fourth-order valence-electron chi connectivity index (χ4n) is 1.79. The fourth-order valence-corrected chi connectivity index (χ4v) is 2.66. The molecule has 1 aromatic carbocycles. The molecule has 1 aromatic heterocycles. The first-order valence-electron chi connectivity index (χ1n) is 6.30. The first-order valence-corrected chi connectivity index (χ1v) is 7.12. The predicted molar refractivity (Wildman–Crippen MR) is 80.5 cm³/mol.